The van der Waals surface area contributed by atoms with Gasteiger partial charge in [-0.15, -0.1) is 0 Å². The summed E-state index contributed by atoms with van der Waals surface area (Å²) >= 11 is -0.416. The molecule has 0 aliphatic heterocycles. The Morgan fingerprint density at radius 1 is 0.971 bits per heavy atom. The smallest absolute Gasteiger partial charge is 0.423 e. The van der Waals surface area contributed by atoms with Crippen molar-refractivity contribution in [2.24, 2.45) is 34.5 Å². The summed E-state index contributed by atoms with van der Waals surface area (Å²) in [6.07, 6.45) is 9.91. The number of rotatable bonds is 7. The van der Waals surface area contributed by atoms with Crippen molar-refractivity contribution in [2.75, 3.05) is 6.54 Å². The van der Waals surface area contributed by atoms with Crippen LogP contribution in [0.4, 0.5) is 13.2 Å². The van der Waals surface area contributed by atoms with Crippen LogP contribution < -0.4 is 4.72 Å². The van der Waals surface area contributed by atoms with Gasteiger partial charge in [0.05, 0.1) is 17.4 Å². The fourth-order valence-electron chi connectivity index (χ4n) is 7.56. The molecule has 4 saturated carbocycles. The van der Waals surface area contributed by atoms with Crippen molar-refractivity contribution in [1.82, 2.24) is 4.72 Å². The molecule has 1 N–H and O–H groups in total. The van der Waals surface area contributed by atoms with Gasteiger partial charge in [-0.05, 0) is 75.5 Å². The SMILES string of the molecule is CC1CC2CCCC(C(=O)OC(CNSC(F)(F)F)OC(=O)C3(C)CC4CCCC(C4)C3)(C1)C2. The Morgan fingerprint density at radius 2 is 1.59 bits per heavy atom. The Balaban J connectivity index is 1.44. The summed E-state index contributed by atoms with van der Waals surface area (Å²) in [6.45, 7) is 3.63. The summed E-state index contributed by atoms with van der Waals surface area (Å²) in [7, 11) is 0. The van der Waals surface area contributed by atoms with E-state index in [1.165, 1.54) is 6.42 Å². The van der Waals surface area contributed by atoms with Crippen molar-refractivity contribution >= 4 is 23.9 Å². The van der Waals surface area contributed by atoms with Gasteiger partial charge in [-0.2, -0.15) is 13.2 Å². The maximum absolute atomic E-state index is 13.4. The minimum atomic E-state index is -4.49. The van der Waals surface area contributed by atoms with Crippen molar-refractivity contribution in [3.8, 4) is 0 Å². The molecule has 4 fully saturated rings. The summed E-state index contributed by atoms with van der Waals surface area (Å²) in [5, 5.41) is 0. The molecule has 4 aliphatic carbocycles. The highest BCUT2D eigenvalue weighted by molar-refractivity contribution is 7.98. The molecule has 4 aliphatic rings. The van der Waals surface area contributed by atoms with Crippen LogP contribution >= 0.6 is 11.9 Å². The fraction of sp³-hybridized carbons (Fsp3) is 0.920. The van der Waals surface area contributed by atoms with E-state index in [1.54, 1.807) is 0 Å². The minimum Gasteiger partial charge on any atom is -0.423 e. The molecule has 0 aromatic rings. The zero-order valence-corrected chi connectivity index (χ0v) is 21.1. The largest absolute Gasteiger partial charge is 0.456 e. The number of esters is 2. The van der Waals surface area contributed by atoms with Gasteiger partial charge in [0.15, 0.2) is 0 Å². The van der Waals surface area contributed by atoms with Crippen LogP contribution in [0, 0.1) is 34.5 Å². The third-order valence-corrected chi connectivity index (χ3v) is 9.17. The lowest BCUT2D eigenvalue weighted by Gasteiger charge is -2.46. The number of fused-ring (bicyclic) bond motifs is 4. The van der Waals surface area contributed by atoms with Gasteiger partial charge in [-0.3, -0.25) is 9.59 Å². The highest BCUT2D eigenvalue weighted by atomic mass is 32.2. The Bertz CT molecular complexity index is 747. The first-order valence-corrected chi connectivity index (χ1v) is 13.7. The van der Waals surface area contributed by atoms with Gasteiger partial charge in [0.1, 0.15) is 0 Å². The van der Waals surface area contributed by atoms with Crippen LogP contribution in [0.3, 0.4) is 0 Å². The lowest BCUT2D eigenvalue weighted by Crippen LogP contribution is -2.47. The van der Waals surface area contributed by atoms with Crippen molar-refractivity contribution in [3.63, 3.8) is 0 Å². The van der Waals surface area contributed by atoms with Gasteiger partial charge >= 0.3 is 17.4 Å². The van der Waals surface area contributed by atoms with Crippen LogP contribution in [-0.2, 0) is 19.1 Å². The third-order valence-electron chi connectivity index (χ3n) is 8.63. The second-order valence-electron chi connectivity index (χ2n) is 11.8. The highest BCUT2D eigenvalue weighted by Gasteiger charge is 2.50. The first-order chi connectivity index (χ1) is 16.0. The second kappa shape index (κ2) is 10.2. The second-order valence-corrected chi connectivity index (χ2v) is 12.7. The molecular weight excluding hydrogens is 467 g/mol. The number of hydrogen-bond donors (Lipinski definition) is 1. The normalized spacial score (nSPS) is 38.6. The van der Waals surface area contributed by atoms with E-state index >= 15 is 0 Å². The minimum absolute atomic E-state index is 0.395. The molecule has 4 bridgehead atoms. The number of carbonyl (C=O) groups excluding carboxylic acids is 2. The molecule has 0 heterocycles. The molecule has 0 saturated heterocycles. The monoisotopic (exact) mass is 505 g/mol. The third kappa shape index (κ3) is 6.23. The Kier molecular flexibility index (Phi) is 7.83. The van der Waals surface area contributed by atoms with Crippen LogP contribution in [0.25, 0.3) is 0 Å². The molecule has 0 amide bonds. The molecule has 6 unspecified atom stereocenters. The van der Waals surface area contributed by atoms with E-state index in [0.29, 0.717) is 23.7 Å². The summed E-state index contributed by atoms with van der Waals surface area (Å²) in [4.78, 5) is 26.6. The number of carbonyl (C=O) groups is 2. The van der Waals surface area contributed by atoms with Crippen LogP contribution in [0.1, 0.15) is 90.9 Å². The predicted octanol–water partition coefficient (Wildman–Crippen LogP) is 6.37. The van der Waals surface area contributed by atoms with Crippen LogP contribution in [0.15, 0.2) is 0 Å². The number of halogens is 3. The Hall–Kier alpha value is -0.960. The van der Waals surface area contributed by atoms with Gasteiger partial charge in [0.25, 0.3) is 6.29 Å². The Labute approximate surface area is 204 Å². The molecular formula is C25H38F3NO4S. The highest BCUT2D eigenvalue weighted by Crippen LogP contribution is 2.52. The molecule has 9 heteroatoms. The molecule has 194 valence electrons. The molecule has 34 heavy (non-hydrogen) atoms. The summed E-state index contributed by atoms with van der Waals surface area (Å²) in [5.74, 6) is 0.943. The first kappa shape index (κ1) is 26.1. The molecule has 0 aromatic heterocycles. The zero-order valence-electron chi connectivity index (χ0n) is 20.3. The van der Waals surface area contributed by atoms with E-state index < -0.39 is 53.1 Å². The average Bonchev–Trinajstić information content (AvgIpc) is 2.71. The molecule has 0 aromatic carbocycles. The molecule has 5 nitrogen and oxygen atoms in total. The Morgan fingerprint density at radius 3 is 2.26 bits per heavy atom. The van der Waals surface area contributed by atoms with E-state index in [2.05, 4.69) is 11.6 Å². The standard InChI is InChI=1S/C25H38F3NO4S/c1-16-9-17-7-4-8-24(11-16,14-17)22(31)33-20(15-29-34-25(26,27)28)32-21(30)23(2)12-18-5-3-6-19(10-18)13-23/h16-20,29H,3-15H2,1-2H3. The molecule has 6 atom stereocenters. The van der Waals surface area contributed by atoms with Gasteiger partial charge in [0.2, 0.25) is 0 Å². The molecule has 0 spiro atoms. The van der Waals surface area contributed by atoms with Gasteiger partial charge in [-0.1, -0.05) is 39.0 Å². The van der Waals surface area contributed by atoms with E-state index in [9.17, 15) is 22.8 Å². The van der Waals surface area contributed by atoms with Crippen LogP contribution in [-0.4, -0.2) is 30.3 Å². The zero-order chi connectivity index (χ0) is 24.6. The number of alkyl halides is 3. The average molecular weight is 506 g/mol. The van der Waals surface area contributed by atoms with Crippen molar-refractivity contribution in [3.05, 3.63) is 0 Å². The number of hydrogen-bond acceptors (Lipinski definition) is 6. The molecule has 0 radical (unpaired) electrons. The lowest BCUT2D eigenvalue weighted by atomic mass is 9.59. The first-order valence-electron chi connectivity index (χ1n) is 12.9. The maximum Gasteiger partial charge on any atom is 0.456 e. The van der Waals surface area contributed by atoms with Crippen LogP contribution in [0.2, 0.25) is 0 Å². The number of nitrogens with one attached hydrogen (secondary N) is 1. The van der Waals surface area contributed by atoms with Crippen LogP contribution in [0.5, 0.6) is 0 Å². The van der Waals surface area contributed by atoms with E-state index in [4.69, 9.17) is 9.47 Å². The predicted molar refractivity (Wildman–Crippen MR) is 123 cm³/mol. The molecule has 4 rings (SSSR count). The maximum atomic E-state index is 13.4. The summed E-state index contributed by atoms with van der Waals surface area (Å²) in [6, 6.07) is 0. The van der Waals surface area contributed by atoms with E-state index in [-0.39, 0.29) is 0 Å². The fourth-order valence-corrected chi connectivity index (χ4v) is 7.95. The summed E-state index contributed by atoms with van der Waals surface area (Å²) < 4.78 is 51.7. The van der Waals surface area contributed by atoms with Crippen molar-refractivity contribution in [2.45, 2.75) is 103 Å². The van der Waals surface area contributed by atoms with Crippen molar-refractivity contribution < 1.29 is 32.2 Å². The van der Waals surface area contributed by atoms with Crippen molar-refractivity contribution in [1.29, 1.82) is 0 Å². The summed E-state index contributed by atoms with van der Waals surface area (Å²) in [5.41, 5.74) is -5.79. The topological polar surface area (TPSA) is 64.6 Å². The van der Waals surface area contributed by atoms with Gasteiger partial charge in [0, 0.05) is 11.9 Å². The van der Waals surface area contributed by atoms with Gasteiger partial charge < -0.3 is 9.47 Å². The van der Waals surface area contributed by atoms with Gasteiger partial charge in [-0.25, -0.2) is 4.72 Å². The number of ether oxygens (including phenoxy) is 2. The van der Waals surface area contributed by atoms with E-state index in [1.807, 2.05) is 6.92 Å². The lowest BCUT2D eigenvalue weighted by molar-refractivity contribution is -0.206. The van der Waals surface area contributed by atoms with E-state index in [0.717, 1.165) is 70.6 Å². The quantitative estimate of drug-likeness (QED) is 0.246.